The van der Waals surface area contributed by atoms with Crippen molar-refractivity contribution in [2.24, 2.45) is 4.99 Å². The molecule has 1 amide bonds. The summed E-state index contributed by atoms with van der Waals surface area (Å²) in [4.78, 5) is 14.6. The standard InChI is InChI=1S/C11H10Cl2N2O3/c12-9(13)6-2-1-3-7(4-6)11-14-8(5-18-11)10(16)15-17/h1-4,8-9,17H,5H2,(H,15,16)/t8-/m1/s1. The Kier molecular flexibility index (Phi) is 4.06. The quantitative estimate of drug-likeness (QED) is 0.506. The molecule has 1 aliphatic heterocycles. The van der Waals surface area contributed by atoms with E-state index in [9.17, 15) is 4.79 Å². The largest absolute Gasteiger partial charge is 0.475 e. The third-order valence-corrected chi connectivity index (χ3v) is 2.95. The molecule has 1 heterocycles. The fraction of sp³-hybridized carbons (Fsp3) is 0.273. The van der Waals surface area contributed by atoms with E-state index in [0.717, 1.165) is 5.56 Å². The van der Waals surface area contributed by atoms with Crippen LogP contribution < -0.4 is 5.48 Å². The zero-order valence-electron chi connectivity index (χ0n) is 9.14. The summed E-state index contributed by atoms with van der Waals surface area (Å²) < 4.78 is 5.30. The molecule has 7 heteroatoms. The molecule has 1 aromatic rings. The topological polar surface area (TPSA) is 70.9 Å². The Morgan fingerprint density at radius 3 is 3.00 bits per heavy atom. The summed E-state index contributed by atoms with van der Waals surface area (Å²) in [6, 6.07) is 6.33. The van der Waals surface area contributed by atoms with Crippen LogP contribution in [0.2, 0.25) is 0 Å². The van der Waals surface area contributed by atoms with Crippen molar-refractivity contribution >= 4 is 35.0 Å². The van der Waals surface area contributed by atoms with E-state index in [1.54, 1.807) is 29.7 Å². The lowest BCUT2D eigenvalue weighted by molar-refractivity contribution is -0.130. The molecule has 0 saturated heterocycles. The lowest BCUT2D eigenvalue weighted by Crippen LogP contribution is -2.31. The van der Waals surface area contributed by atoms with E-state index in [4.69, 9.17) is 33.1 Å². The summed E-state index contributed by atoms with van der Waals surface area (Å²) in [7, 11) is 0. The summed E-state index contributed by atoms with van der Waals surface area (Å²) in [5, 5.41) is 8.51. The minimum atomic E-state index is -0.739. The highest BCUT2D eigenvalue weighted by Gasteiger charge is 2.26. The van der Waals surface area contributed by atoms with Gasteiger partial charge in [-0.1, -0.05) is 12.1 Å². The number of benzene rings is 1. The van der Waals surface area contributed by atoms with Crippen molar-refractivity contribution in [1.29, 1.82) is 0 Å². The monoisotopic (exact) mass is 288 g/mol. The molecule has 0 radical (unpaired) electrons. The fourth-order valence-electron chi connectivity index (χ4n) is 1.55. The molecule has 96 valence electrons. The van der Waals surface area contributed by atoms with Gasteiger partial charge in [-0.05, 0) is 17.7 Å². The second kappa shape index (κ2) is 5.56. The third-order valence-electron chi connectivity index (χ3n) is 2.45. The van der Waals surface area contributed by atoms with Gasteiger partial charge in [-0.15, -0.1) is 23.2 Å². The molecule has 1 atom stereocenters. The summed E-state index contributed by atoms with van der Waals surface area (Å²) in [6.45, 7) is 0.0944. The molecule has 5 nitrogen and oxygen atoms in total. The van der Waals surface area contributed by atoms with Crippen molar-refractivity contribution in [3.63, 3.8) is 0 Å². The lowest BCUT2D eigenvalue weighted by Gasteiger charge is -2.05. The highest BCUT2D eigenvalue weighted by Crippen LogP contribution is 2.25. The SMILES string of the molecule is O=C(NO)[C@H]1COC(c2cccc(C(Cl)Cl)c2)=N1. The number of hydroxylamine groups is 1. The minimum absolute atomic E-state index is 0.0944. The van der Waals surface area contributed by atoms with Gasteiger partial charge in [0.1, 0.15) is 11.4 Å². The average Bonchev–Trinajstić information content (AvgIpc) is 2.87. The van der Waals surface area contributed by atoms with Crippen LogP contribution in [0.5, 0.6) is 0 Å². The van der Waals surface area contributed by atoms with Crippen molar-refractivity contribution in [1.82, 2.24) is 5.48 Å². The van der Waals surface area contributed by atoms with Crippen molar-refractivity contribution in [2.45, 2.75) is 10.9 Å². The molecule has 0 fully saturated rings. The van der Waals surface area contributed by atoms with Gasteiger partial charge in [-0.3, -0.25) is 10.0 Å². The molecule has 2 rings (SSSR count). The molecule has 1 aromatic carbocycles. The first-order valence-corrected chi connectivity index (χ1v) is 6.02. The number of nitrogens with one attached hydrogen (secondary N) is 1. The van der Waals surface area contributed by atoms with Gasteiger partial charge in [0.05, 0.1) is 0 Å². The summed E-state index contributed by atoms with van der Waals surface area (Å²) in [5.74, 6) is -0.270. The van der Waals surface area contributed by atoms with E-state index in [1.165, 1.54) is 0 Å². The summed E-state index contributed by atoms with van der Waals surface area (Å²) >= 11 is 11.5. The smallest absolute Gasteiger partial charge is 0.271 e. The predicted molar refractivity (Wildman–Crippen MR) is 67.1 cm³/mol. The number of rotatable bonds is 3. The summed E-state index contributed by atoms with van der Waals surface area (Å²) in [6.07, 6.45) is 0. The number of carbonyl (C=O) groups is 1. The van der Waals surface area contributed by atoms with Crippen LogP contribution in [0, 0.1) is 0 Å². The number of carbonyl (C=O) groups excluding carboxylic acids is 1. The van der Waals surface area contributed by atoms with Crippen molar-refractivity contribution in [3.8, 4) is 0 Å². The molecule has 18 heavy (non-hydrogen) atoms. The van der Waals surface area contributed by atoms with E-state index in [2.05, 4.69) is 4.99 Å². The van der Waals surface area contributed by atoms with E-state index in [1.807, 2.05) is 0 Å². The Morgan fingerprint density at radius 2 is 2.33 bits per heavy atom. The van der Waals surface area contributed by atoms with Crippen LogP contribution in [0.3, 0.4) is 0 Å². The number of aliphatic imine (C=N–C) groups is 1. The molecule has 0 aromatic heterocycles. The first kappa shape index (κ1) is 13.1. The Labute approximate surface area is 113 Å². The molecular weight excluding hydrogens is 279 g/mol. The number of halogens is 2. The first-order valence-electron chi connectivity index (χ1n) is 5.15. The van der Waals surface area contributed by atoms with Gasteiger partial charge >= 0.3 is 0 Å². The second-order valence-corrected chi connectivity index (χ2v) is 4.76. The minimum Gasteiger partial charge on any atom is -0.475 e. The molecule has 0 aliphatic carbocycles. The van der Waals surface area contributed by atoms with Crippen molar-refractivity contribution in [3.05, 3.63) is 35.4 Å². The second-order valence-electron chi connectivity index (χ2n) is 3.66. The van der Waals surface area contributed by atoms with Crippen molar-refractivity contribution in [2.75, 3.05) is 6.61 Å². The van der Waals surface area contributed by atoms with Gasteiger partial charge in [0, 0.05) is 5.56 Å². The molecule has 0 saturated carbocycles. The lowest BCUT2D eigenvalue weighted by atomic mass is 10.1. The van der Waals surface area contributed by atoms with Gasteiger partial charge in [0.25, 0.3) is 5.91 Å². The van der Waals surface area contributed by atoms with Crippen LogP contribution in [0.25, 0.3) is 0 Å². The van der Waals surface area contributed by atoms with E-state index in [0.29, 0.717) is 11.5 Å². The number of alkyl halides is 2. The zero-order chi connectivity index (χ0) is 13.1. The van der Waals surface area contributed by atoms with Crippen LogP contribution in [-0.4, -0.2) is 29.7 Å². The maximum atomic E-state index is 11.2. The van der Waals surface area contributed by atoms with E-state index < -0.39 is 16.8 Å². The van der Waals surface area contributed by atoms with Crippen LogP contribution in [-0.2, 0) is 9.53 Å². The Hall–Kier alpha value is -1.30. The maximum absolute atomic E-state index is 11.2. The third kappa shape index (κ3) is 2.75. The number of amides is 1. The van der Waals surface area contributed by atoms with Crippen LogP contribution in [0.15, 0.2) is 29.3 Å². The van der Waals surface area contributed by atoms with E-state index in [-0.39, 0.29) is 6.61 Å². The van der Waals surface area contributed by atoms with E-state index >= 15 is 0 Å². The Morgan fingerprint density at radius 1 is 1.56 bits per heavy atom. The van der Waals surface area contributed by atoms with Crippen LogP contribution in [0.1, 0.15) is 16.0 Å². The zero-order valence-corrected chi connectivity index (χ0v) is 10.6. The normalized spacial score (nSPS) is 18.4. The molecule has 0 spiro atoms. The van der Waals surface area contributed by atoms with Gasteiger partial charge in [0.15, 0.2) is 6.04 Å². The number of ether oxygens (including phenoxy) is 1. The van der Waals surface area contributed by atoms with Gasteiger partial charge in [-0.2, -0.15) is 0 Å². The van der Waals surface area contributed by atoms with Crippen LogP contribution in [0.4, 0.5) is 0 Å². The molecule has 0 unspecified atom stereocenters. The first-order chi connectivity index (χ1) is 8.61. The highest BCUT2D eigenvalue weighted by molar-refractivity contribution is 6.44. The predicted octanol–water partition coefficient (Wildman–Crippen LogP) is 1.81. The molecule has 0 bridgehead atoms. The highest BCUT2D eigenvalue weighted by atomic mass is 35.5. The Balaban J connectivity index is 2.22. The number of nitrogens with zero attached hydrogens (tertiary/aromatic N) is 1. The van der Waals surface area contributed by atoms with Gasteiger partial charge in [-0.25, -0.2) is 10.5 Å². The molecule has 2 N–H and O–H groups in total. The van der Waals surface area contributed by atoms with Gasteiger partial charge < -0.3 is 4.74 Å². The molecule has 1 aliphatic rings. The summed E-state index contributed by atoms with van der Waals surface area (Å²) in [5.41, 5.74) is 2.95. The number of hydrogen-bond acceptors (Lipinski definition) is 4. The molecular formula is C11H10Cl2N2O3. The van der Waals surface area contributed by atoms with Crippen LogP contribution >= 0.6 is 23.2 Å². The fourth-order valence-corrected chi connectivity index (χ4v) is 1.82. The average molecular weight is 289 g/mol. The van der Waals surface area contributed by atoms with Crippen molar-refractivity contribution < 1.29 is 14.7 Å². The number of hydrogen-bond donors (Lipinski definition) is 2. The Bertz CT molecular complexity index is 491. The van der Waals surface area contributed by atoms with Gasteiger partial charge in [0.2, 0.25) is 5.90 Å². The maximum Gasteiger partial charge on any atom is 0.271 e.